The molecule has 0 spiro atoms. The van der Waals surface area contributed by atoms with Gasteiger partial charge in [-0.05, 0) is 26.3 Å². The molecular formula is C19H27F3N4O. The van der Waals surface area contributed by atoms with Crippen LogP contribution in [-0.4, -0.2) is 55.4 Å². The fourth-order valence-electron chi connectivity index (χ4n) is 3.81. The van der Waals surface area contributed by atoms with E-state index in [4.69, 9.17) is 4.74 Å². The third-order valence-electron chi connectivity index (χ3n) is 4.93. The summed E-state index contributed by atoms with van der Waals surface area (Å²) in [5.41, 5.74) is 0.742. The van der Waals surface area contributed by atoms with E-state index in [1.54, 1.807) is 7.05 Å². The molecule has 5 nitrogen and oxygen atoms in total. The van der Waals surface area contributed by atoms with Gasteiger partial charge in [0.1, 0.15) is 11.4 Å². The van der Waals surface area contributed by atoms with Crippen LogP contribution in [-0.2, 0) is 0 Å². The summed E-state index contributed by atoms with van der Waals surface area (Å²) in [6, 6.07) is 7.85. The van der Waals surface area contributed by atoms with Crippen LogP contribution in [0.4, 0.5) is 13.2 Å². The largest absolute Gasteiger partial charge is 0.487 e. The first-order valence-corrected chi connectivity index (χ1v) is 9.22. The first kappa shape index (κ1) is 19.8. The van der Waals surface area contributed by atoms with Crippen molar-refractivity contribution in [3.8, 4) is 5.75 Å². The zero-order valence-electron chi connectivity index (χ0n) is 15.9. The highest BCUT2D eigenvalue weighted by molar-refractivity contribution is 5.80. The summed E-state index contributed by atoms with van der Waals surface area (Å²) in [4.78, 5) is 5.71. The first-order chi connectivity index (χ1) is 12.6. The van der Waals surface area contributed by atoms with E-state index in [-0.39, 0.29) is 17.7 Å². The molecule has 2 aliphatic rings. The van der Waals surface area contributed by atoms with E-state index in [0.29, 0.717) is 25.5 Å². The molecule has 0 saturated carbocycles. The van der Waals surface area contributed by atoms with Gasteiger partial charge in [0.05, 0.1) is 12.6 Å². The van der Waals surface area contributed by atoms with Gasteiger partial charge in [0, 0.05) is 38.2 Å². The Bertz CT molecular complexity index is 690. The van der Waals surface area contributed by atoms with Crippen LogP contribution in [0, 0.1) is 0 Å². The number of rotatable bonds is 3. The van der Waals surface area contributed by atoms with E-state index >= 15 is 0 Å². The van der Waals surface area contributed by atoms with Crippen molar-refractivity contribution >= 4 is 5.96 Å². The zero-order valence-corrected chi connectivity index (χ0v) is 15.9. The van der Waals surface area contributed by atoms with Crippen LogP contribution in [0.15, 0.2) is 29.3 Å². The minimum Gasteiger partial charge on any atom is -0.487 e. The highest BCUT2D eigenvalue weighted by atomic mass is 19.4. The highest BCUT2D eigenvalue weighted by Crippen LogP contribution is 2.39. The summed E-state index contributed by atoms with van der Waals surface area (Å²) in [7, 11) is 1.67. The standard InChI is InChI=1S/C19H27F3N4O/c1-18(2)10-15(14-6-4-5-7-16(14)27-18)25-17(23-3)24-13-8-9-26(11-13)12-19(20,21)22/h4-7,13,15H,8-12H2,1-3H3,(H2,23,24,25). The third-order valence-corrected chi connectivity index (χ3v) is 4.93. The Morgan fingerprint density at radius 3 is 2.74 bits per heavy atom. The van der Waals surface area contributed by atoms with E-state index in [0.717, 1.165) is 17.7 Å². The van der Waals surface area contributed by atoms with E-state index < -0.39 is 12.7 Å². The Morgan fingerprint density at radius 2 is 2.04 bits per heavy atom. The van der Waals surface area contributed by atoms with Gasteiger partial charge in [-0.2, -0.15) is 13.2 Å². The van der Waals surface area contributed by atoms with Crippen molar-refractivity contribution in [1.29, 1.82) is 0 Å². The van der Waals surface area contributed by atoms with Gasteiger partial charge < -0.3 is 15.4 Å². The molecule has 8 heteroatoms. The van der Waals surface area contributed by atoms with E-state index in [1.807, 2.05) is 38.1 Å². The van der Waals surface area contributed by atoms with Crippen LogP contribution in [0.2, 0.25) is 0 Å². The van der Waals surface area contributed by atoms with Crippen LogP contribution in [0.5, 0.6) is 5.75 Å². The van der Waals surface area contributed by atoms with Crippen molar-refractivity contribution in [2.24, 2.45) is 4.99 Å². The van der Waals surface area contributed by atoms with Gasteiger partial charge in [0.15, 0.2) is 5.96 Å². The molecule has 0 bridgehead atoms. The van der Waals surface area contributed by atoms with Crippen LogP contribution in [0.3, 0.4) is 0 Å². The number of guanidine groups is 1. The van der Waals surface area contributed by atoms with Crippen molar-refractivity contribution < 1.29 is 17.9 Å². The molecule has 2 N–H and O–H groups in total. The molecule has 27 heavy (non-hydrogen) atoms. The second-order valence-electron chi connectivity index (χ2n) is 7.85. The molecule has 150 valence electrons. The zero-order chi connectivity index (χ0) is 19.7. The topological polar surface area (TPSA) is 48.9 Å². The van der Waals surface area contributed by atoms with Crippen molar-refractivity contribution in [2.75, 3.05) is 26.7 Å². The smallest absolute Gasteiger partial charge is 0.401 e. The number of fused-ring (bicyclic) bond motifs is 1. The normalized spacial score (nSPS) is 25.6. The van der Waals surface area contributed by atoms with Crippen molar-refractivity contribution in [2.45, 2.75) is 50.6 Å². The molecule has 0 aliphatic carbocycles. The second-order valence-corrected chi connectivity index (χ2v) is 7.85. The quantitative estimate of drug-likeness (QED) is 0.621. The van der Waals surface area contributed by atoms with Crippen molar-refractivity contribution in [3.05, 3.63) is 29.8 Å². The lowest BCUT2D eigenvalue weighted by Gasteiger charge is -2.38. The second kappa shape index (κ2) is 7.58. The number of alkyl halides is 3. The predicted molar refractivity (Wildman–Crippen MR) is 99.0 cm³/mol. The predicted octanol–water partition coefficient (Wildman–Crippen LogP) is 3.09. The number of ether oxygens (including phenoxy) is 1. The minimum atomic E-state index is -4.16. The average Bonchev–Trinajstić information content (AvgIpc) is 2.98. The van der Waals surface area contributed by atoms with E-state index in [1.165, 1.54) is 4.90 Å². The number of benzene rings is 1. The van der Waals surface area contributed by atoms with Crippen LogP contribution in [0.25, 0.3) is 0 Å². The molecule has 2 atom stereocenters. The van der Waals surface area contributed by atoms with Crippen molar-refractivity contribution in [1.82, 2.24) is 15.5 Å². The highest BCUT2D eigenvalue weighted by Gasteiger charge is 2.36. The van der Waals surface area contributed by atoms with Crippen LogP contribution < -0.4 is 15.4 Å². The molecule has 0 radical (unpaired) electrons. The van der Waals surface area contributed by atoms with Crippen molar-refractivity contribution in [3.63, 3.8) is 0 Å². The number of hydrogen-bond acceptors (Lipinski definition) is 3. The van der Waals surface area contributed by atoms with Crippen LogP contribution >= 0.6 is 0 Å². The fraction of sp³-hybridized carbons (Fsp3) is 0.632. The number of nitrogens with zero attached hydrogens (tertiary/aromatic N) is 2. The summed E-state index contributed by atoms with van der Waals surface area (Å²) >= 11 is 0. The summed E-state index contributed by atoms with van der Waals surface area (Å²) in [5.74, 6) is 1.45. The van der Waals surface area contributed by atoms with Gasteiger partial charge in [0.2, 0.25) is 0 Å². The van der Waals surface area contributed by atoms with E-state index in [9.17, 15) is 13.2 Å². The monoisotopic (exact) mass is 384 g/mol. The molecule has 2 unspecified atom stereocenters. The molecule has 1 aromatic rings. The van der Waals surface area contributed by atoms with E-state index in [2.05, 4.69) is 15.6 Å². The average molecular weight is 384 g/mol. The first-order valence-electron chi connectivity index (χ1n) is 9.22. The van der Waals surface area contributed by atoms with Gasteiger partial charge in [-0.15, -0.1) is 0 Å². The van der Waals surface area contributed by atoms with Gasteiger partial charge in [-0.25, -0.2) is 0 Å². The third kappa shape index (κ3) is 5.28. The molecule has 0 amide bonds. The van der Waals surface area contributed by atoms with Gasteiger partial charge in [-0.3, -0.25) is 9.89 Å². The lowest BCUT2D eigenvalue weighted by Crippen LogP contribution is -2.48. The summed E-state index contributed by atoms with van der Waals surface area (Å²) in [6.07, 6.45) is -2.74. The molecule has 2 aliphatic heterocycles. The Morgan fingerprint density at radius 1 is 1.30 bits per heavy atom. The Kier molecular flexibility index (Phi) is 5.55. The lowest BCUT2D eigenvalue weighted by molar-refractivity contribution is -0.143. The maximum Gasteiger partial charge on any atom is 0.401 e. The number of aliphatic imine (C=N–C) groups is 1. The Balaban J connectivity index is 1.63. The number of hydrogen-bond donors (Lipinski definition) is 2. The molecule has 1 fully saturated rings. The van der Waals surface area contributed by atoms with Gasteiger partial charge in [-0.1, -0.05) is 18.2 Å². The maximum absolute atomic E-state index is 12.6. The SMILES string of the molecule is CN=C(NC1CCN(CC(F)(F)F)C1)NC1CC(C)(C)Oc2ccccc21. The summed E-state index contributed by atoms with van der Waals surface area (Å²) in [5, 5.41) is 6.70. The molecule has 1 aromatic carbocycles. The number of likely N-dealkylation sites (tertiary alicyclic amines) is 1. The summed E-state index contributed by atoms with van der Waals surface area (Å²) < 4.78 is 43.8. The molecular weight excluding hydrogens is 357 g/mol. The van der Waals surface area contributed by atoms with Gasteiger partial charge in [0.25, 0.3) is 0 Å². The lowest BCUT2D eigenvalue weighted by atomic mass is 9.90. The van der Waals surface area contributed by atoms with Gasteiger partial charge >= 0.3 is 6.18 Å². The molecule has 2 heterocycles. The summed E-state index contributed by atoms with van der Waals surface area (Å²) in [6.45, 7) is 4.01. The number of para-hydroxylation sites is 1. The number of nitrogens with one attached hydrogen (secondary N) is 2. The molecule has 1 saturated heterocycles. The molecule has 0 aromatic heterocycles. The minimum absolute atomic E-state index is 0.0174. The Hall–Kier alpha value is -1.96. The maximum atomic E-state index is 12.6. The number of halogens is 3. The van der Waals surface area contributed by atoms with Crippen LogP contribution in [0.1, 0.15) is 38.3 Å². The molecule has 3 rings (SSSR count). The Labute approximate surface area is 158 Å². The fourth-order valence-corrected chi connectivity index (χ4v) is 3.81.